The fourth-order valence-corrected chi connectivity index (χ4v) is 1.90. The molecular formula is C15H17NO. The smallest absolute Gasteiger partial charge is 0.0793 e. The molecule has 1 atom stereocenters. The van der Waals surface area contributed by atoms with Crippen LogP contribution in [0.2, 0.25) is 0 Å². The molecule has 1 unspecified atom stereocenters. The minimum Gasteiger partial charge on any atom is -0.388 e. The highest BCUT2D eigenvalue weighted by molar-refractivity contribution is 5.67. The molecule has 1 N–H and O–H groups in total. The highest BCUT2D eigenvalue weighted by Crippen LogP contribution is 2.29. The van der Waals surface area contributed by atoms with Gasteiger partial charge < -0.3 is 5.11 Å². The molecule has 0 fully saturated rings. The van der Waals surface area contributed by atoms with E-state index >= 15 is 0 Å². The lowest BCUT2D eigenvalue weighted by Gasteiger charge is -2.14. The van der Waals surface area contributed by atoms with Crippen LogP contribution in [-0.4, -0.2) is 10.1 Å². The fourth-order valence-electron chi connectivity index (χ4n) is 1.90. The van der Waals surface area contributed by atoms with Gasteiger partial charge in [-0.2, -0.15) is 0 Å². The molecule has 0 aliphatic heterocycles. The van der Waals surface area contributed by atoms with Gasteiger partial charge in [0.15, 0.2) is 0 Å². The molecule has 0 saturated carbocycles. The van der Waals surface area contributed by atoms with Crippen molar-refractivity contribution in [2.24, 2.45) is 0 Å². The highest BCUT2D eigenvalue weighted by Gasteiger charge is 2.11. The van der Waals surface area contributed by atoms with E-state index in [1.807, 2.05) is 56.4 Å². The second kappa shape index (κ2) is 5.11. The maximum Gasteiger partial charge on any atom is 0.0793 e. The minimum atomic E-state index is -0.410. The predicted octanol–water partition coefficient (Wildman–Crippen LogP) is 3.50. The number of rotatable bonds is 3. The van der Waals surface area contributed by atoms with Gasteiger partial charge in [0.1, 0.15) is 0 Å². The van der Waals surface area contributed by atoms with Gasteiger partial charge in [-0.25, -0.2) is 0 Å². The number of aryl methyl sites for hydroxylation is 1. The van der Waals surface area contributed by atoms with E-state index in [0.717, 1.165) is 28.8 Å². The topological polar surface area (TPSA) is 33.1 Å². The Kier molecular flexibility index (Phi) is 3.55. The Labute approximate surface area is 102 Å². The van der Waals surface area contributed by atoms with E-state index in [2.05, 4.69) is 4.98 Å². The summed E-state index contributed by atoms with van der Waals surface area (Å²) in [6.07, 6.45) is 2.17. The third kappa shape index (κ3) is 2.53. The number of hydrogen-bond acceptors (Lipinski definition) is 2. The average Bonchev–Trinajstić information content (AvgIpc) is 2.39. The van der Waals surface area contributed by atoms with Crippen LogP contribution in [0.4, 0.5) is 0 Å². The standard InChI is InChI=1S/C15H17NO/c1-3-15(17)14-7-5-4-6-13(14)12-9-8-11(2)16-10-12/h4-10,15,17H,3H2,1-2H3. The molecule has 0 aliphatic carbocycles. The summed E-state index contributed by atoms with van der Waals surface area (Å²) < 4.78 is 0. The van der Waals surface area contributed by atoms with Crippen LogP contribution in [0.3, 0.4) is 0 Å². The first-order valence-corrected chi connectivity index (χ1v) is 5.92. The van der Waals surface area contributed by atoms with Crippen molar-refractivity contribution in [3.8, 4) is 11.1 Å². The second-order valence-electron chi connectivity index (χ2n) is 4.20. The third-order valence-electron chi connectivity index (χ3n) is 2.93. The van der Waals surface area contributed by atoms with E-state index in [-0.39, 0.29) is 0 Å². The Hall–Kier alpha value is -1.67. The normalized spacial score (nSPS) is 12.4. The van der Waals surface area contributed by atoms with E-state index in [1.54, 1.807) is 0 Å². The molecule has 0 bridgehead atoms. The zero-order valence-corrected chi connectivity index (χ0v) is 10.2. The Morgan fingerprint density at radius 2 is 1.94 bits per heavy atom. The van der Waals surface area contributed by atoms with Crippen molar-refractivity contribution in [3.63, 3.8) is 0 Å². The van der Waals surface area contributed by atoms with Crippen molar-refractivity contribution in [2.45, 2.75) is 26.4 Å². The molecule has 1 aromatic carbocycles. The van der Waals surface area contributed by atoms with E-state index < -0.39 is 6.10 Å². The Bertz CT molecular complexity index is 491. The summed E-state index contributed by atoms with van der Waals surface area (Å²) in [6.45, 7) is 3.95. The van der Waals surface area contributed by atoms with E-state index in [9.17, 15) is 5.11 Å². The molecule has 17 heavy (non-hydrogen) atoms. The summed E-state index contributed by atoms with van der Waals surface area (Å²) in [5.74, 6) is 0. The number of benzene rings is 1. The van der Waals surface area contributed by atoms with Gasteiger partial charge in [-0.3, -0.25) is 4.98 Å². The van der Waals surface area contributed by atoms with Gasteiger partial charge in [0, 0.05) is 17.5 Å². The zero-order chi connectivity index (χ0) is 12.3. The van der Waals surface area contributed by atoms with Crippen molar-refractivity contribution in [1.82, 2.24) is 4.98 Å². The molecule has 2 rings (SSSR count). The highest BCUT2D eigenvalue weighted by atomic mass is 16.3. The molecule has 88 valence electrons. The lowest BCUT2D eigenvalue weighted by atomic mass is 9.96. The molecule has 2 nitrogen and oxygen atoms in total. The molecule has 0 radical (unpaired) electrons. The Morgan fingerprint density at radius 3 is 2.59 bits per heavy atom. The van der Waals surface area contributed by atoms with Crippen LogP contribution in [0, 0.1) is 6.92 Å². The second-order valence-corrected chi connectivity index (χ2v) is 4.20. The van der Waals surface area contributed by atoms with Crippen LogP contribution in [0.1, 0.15) is 30.7 Å². The lowest BCUT2D eigenvalue weighted by molar-refractivity contribution is 0.174. The number of aliphatic hydroxyl groups is 1. The maximum absolute atomic E-state index is 10.0. The molecule has 1 aromatic heterocycles. The van der Waals surface area contributed by atoms with Gasteiger partial charge >= 0.3 is 0 Å². The van der Waals surface area contributed by atoms with Crippen LogP contribution in [0.15, 0.2) is 42.6 Å². The largest absolute Gasteiger partial charge is 0.388 e. The summed E-state index contributed by atoms with van der Waals surface area (Å²) in [5, 5.41) is 10.0. The Balaban J connectivity index is 2.48. The molecule has 1 heterocycles. The van der Waals surface area contributed by atoms with Crippen molar-refractivity contribution in [1.29, 1.82) is 0 Å². The van der Waals surface area contributed by atoms with Crippen LogP contribution in [0.5, 0.6) is 0 Å². The van der Waals surface area contributed by atoms with E-state index in [4.69, 9.17) is 0 Å². The number of aromatic nitrogens is 1. The van der Waals surface area contributed by atoms with E-state index in [0.29, 0.717) is 0 Å². The quantitative estimate of drug-likeness (QED) is 0.870. The molecule has 2 aromatic rings. The summed E-state index contributed by atoms with van der Waals surface area (Å²) >= 11 is 0. The first-order chi connectivity index (χ1) is 8.22. The summed E-state index contributed by atoms with van der Waals surface area (Å²) in [5.41, 5.74) is 4.09. The van der Waals surface area contributed by atoms with Gasteiger partial charge in [-0.1, -0.05) is 37.3 Å². The van der Waals surface area contributed by atoms with Crippen LogP contribution >= 0.6 is 0 Å². The molecule has 0 spiro atoms. The van der Waals surface area contributed by atoms with E-state index in [1.165, 1.54) is 0 Å². The lowest BCUT2D eigenvalue weighted by Crippen LogP contribution is -1.98. The predicted molar refractivity (Wildman–Crippen MR) is 69.7 cm³/mol. The molecular weight excluding hydrogens is 210 g/mol. The van der Waals surface area contributed by atoms with Crippen molar-refractivity contribution in [3.05, 3.63) is 53.9 Å². The zero-order valence-electron chi connectivity index (χ0n) is 10.2. The van der Waals surface area contributed by atoms with Gasteiger partial charge in [0.05, 0.1) is 6.10 Å². The van der Waals surface area contributed by atoms with Gasteiger partial charge in [-0.05, 0) is 30.5 Å². The molecule has 0 aliphatic rings. The number of aliphatic hydroxyl groups excluding tert-OH is 1. The molecule has 0 amide bonds. The van der Waals surface area contributed by atoms with Crippen molar-refractivity contribution < 1.29 is 5.11 Å². The summed E-state index contributed by atoms with van der Waals surface area (Å²) in [4.78, 5) is 4.30. The van der Waals surface area contributed by atoms with Gasteiger partial charge in [0.2, 0.25) is 0 Å². The monoisotopic (exact) mass is 227 g/mol. The van der Waals surface area contributed by atoms with Crippen molar-refractivity contribution in [2.75, 3.05) is 0 Å². The average molecular weight is 227 g/mol. The van der Waals surface area contributed by atoms with Crippen LogP contribution in [0.25, 0.3) is 11.1 Å². The molecule has 2 heteroatoms. The van der Waals surface area contributed by atoms with Gasteiger partial charge in [0.25, 0.3) is 0 Å². The minimum absolute atomic E-state index is 0.410. The SMILES string of the molecule is CCC(O)c1ccccc1-c1ccc(C)nc1. The number of nitrogens with zero attached hydrogens (tertiary/aromatic N) is 1. The summed E-state index contributed by atoms with van der Waals surface area (Å²) in [6, 6.07) is 12.0. The third-order valence-corrected chi connectivity index (χ3v) is 2.93. The van der Waals surface area contributed by atoms with Gasteiger partial charge in [-0.15, -0.1) is 0 Å². The first-order valence-electron chi connectivity index (χ1n) is 5.92. The number of hydrogen-bond donors (Lipinski definition) is 1. The Morgan fingerprint density at radius 1 is 1.18 bits per heavy atom. The fraction of sp³-hybridized carbons (Fsp3) is 0.267. The first kappa shape index (κ1) is 11.8. The van der Waals surface area contributed by atoms with Crippen LogP contribution in [-0.2, 0) is 0 Å². The van der Waals surface area contributed by atoms with Crippen LogP contribution < -0.4 is 0 Å². The molecule has 0 saturated heterocycles. The maximum atomic E-state index is 10.0. The van der Waals surface area contributed by atoms with Crippen molar-refractivity contribution >= 4 is 0 Å². The summed E-state index contributed by atoms with van der Waals surface area (Å²) in [7, 11) is 0. The number of pyridine rings is 1.